The molecule has 0 unspecified atom stereocenters. The molecule has 2 aliphatic rings. The van der Waals surface area contributed by atoms with Crippen LogP contribution < -0.4 is 20.4 Å². The minimum Gasteiger partial charge on any atom is -0.507 e. The maximum Gasteiger partial charge on any atom is 0.407 e. The standard InChI is InChI=1S/2C25H29FN4O3.ClH/c2*1-15-10-19-17(12-27-23(29-19)22-18(26)6-5-7-21(22)31)20(11-15)30-9-8-16(13-30)28-24(32)33-14-25(2,3)4;/h2*5-7,10-12,16,31H,8-9,13-14H2,1-4H3,(H,28,32);1H/t2*16-;/m11./s1. The third kappa shape index (κ3) is 12.5. The highest BCUT2D eigenvalue weighted by molar-refractivity contribution is 5.94. The SMILES string of the molecule is Cc1cc(N2CC[C@@H](NC(=O)OCC(C)(C)C)C2)c2cnc(-c3c(O)cccc3F)nc2c1.Cc1cc(N2CC[C@@H](NC(=O)OCC(C)(C)C)C2)c2cnc(-c3c(O)cccc3F)nc2c1.Cl. The topological polar surface area (TPSA) is 175 Å². The summed E-state index contributed by atoms with van der Waals surface area (Å²) >= 11 is 0. The molecule has 4 aromatic carbocycles. The van der Waals surface area contributed by atoms with Crippen molar-refractivity contribution in [3.05, 3.63) is 95.8 Å². The Hall–Kier alpha value is -6.55. The number of amides is 2. The van der Waals surface area contributed by atoms with E-state index in [1.807, 2.05) is 67.5 Å². The predicted octanol–water partition coefficient (Wildman–Crippen LogP) is 10.0. The van der Waals surface area contributed by atoms with Gasteiger partial charge in [0.2, 0.25) is 0 Å². The molecule has 356 valence electrons. The highest BCUT2D eigenvalue weighted by Gasteiger charge is 2.29. The van der Waals surface area contributed by atoms with E-state index in [0.29, 0.717) is 37.3 Å². The van der Waals surface area contributed by atoms with Crippen molar-refractivity contribution < 1.29 is 38.1 Å². The number of rotatable bonds is 8. The second kappa shape index (κ2) is 20.5. The zero-order valence-corrected chi connectivity index (χ0v) is 39.9. The highest BCUT2D eigenvalue weighted by Crippen LogP contribution is 2.36. The monoisotopic (exact) mass is 940 g/mol. The molecule has 4 heterocycles. The molecular formula is C50H59ClF2N8O6. The van der Waals surface area contributed by atoms with Crippen molar-refractivity contribution in [3.8, 4) is 34.3 Å². The Morgan fingerprint density at radius 3 is 1.42 bits per heavy atom. The number of carbonyl (C=O) groups excluding carboxylic acids is 2. The first-order valence-corrected chi connectivity index (χ1v) is 22.1. The van der Waals surface area contributed by atoms with Gasteiger partial charge in [-0.2, -0.15) is 0 Å². The summed E-state index contributed by atoms with van der Waals surface area (Å²) in [6.45, 7) is 19.6. The van der Waals surface area contributed by atoms with Gasteiger partial charge in [-0.25, -0.2) is 38.3 Å². The summed E-state index contributed by atoms with van der Waals surface area (Å²) in [6.07, 6.45) is 4.12. The number of alkyl carbamates (subject to hydrolysis) is 2. The number of nitrogens with zero attached hydrogens (tertiary/aromatic N) is 6. The third-order valence-corrected chi connectivity index (χ3v) is 11.1. The summed E-state index contributed by atoms with van der Waals surface area (Å²) in [5.74, 6) is -1.28. The lowest BCUT2D eigenvalue weighted by atomic mass is 9.99. The van der Waals surface area contributed by atoms with Gasteiger partial charge in [0, 0.05) is 60.7 Å². The van der Waals surface area contributed by atoms with Crippen LogP contribution in [0, 0.1) is 36.3 Å². The average Bonchev–Trinajstić information content (AvgIpc) is 3.91. The zero-order chi connectivity index (χ0) is 47.5. The van der Waals surface area contributed by atoms with E-state index >= 15 is 0 Å². The average molecular weight is 942 g/mol. The van der Waals surface area contributed by atoms with Crippen molar-refractivity contribution in [2.75, 3.05) is 49.2 Å². The molecule has 0 bridgehead atoms. The van der Waals surface area contributed by atoms with Crippen molar-refractivity contribution in [2.45, 2.75) is 80.3 Å². The number of halogens is 3. The van der Waals surface area contributed by atoms with E-state index in [4.69, 9.17) is 9.47 Å². The van der Waals surface area contributed by atoms with Crippen LogP contribution in [0.15, 0.2) is 73.1 Å². The number of aromatic hydroxyl groups is 2. The van der Waals surface area contributed by atoms with Crippen LogP contribution in [0.2, 0.25) is 0 Å². The molecule has 2 aliphatic heterocycles. The molecule has 67 heavy (non-hydrogen) atoms. The van der Waals surface area contributed by atoms with Crippen LogP contribution in [0.4, 0.5) is 29.7 Å². The molecule has 0 aliphatic carbocycles. The first kappa shape index (κ1) is 49.9. The number of hydrogen-bond donors (Lipinski definition) is 4. The number of aromatic nitrogens is 4. The smallest absolute Gasteiger partial charge is 0.407 e. The lowest BCUT2D eigenvalue weighted by Gasteiger charge is -2.22. The van der Waals surface area contributed by atoms with Gasteiger partial charge in [-0.3, -0.25) is 0 Å². The van der Waals surface area contributed by atoms with E-state index in [9.17, 15) is 28.6 Å². The normalized spacial score (nSPS) is 16.0. The summed E-state index contributed by atoms with van der Waals surface area (Å²) in [4.78, 5) is 46.5. The Bertz CT molecular complexity index is 2540. The Balaban J connectivity index is 0.000000218. The summed E-state index contributed by atoms with van der Waals surface area (Å²) in [6, 6.07) is 16.2. The molecule has 0 radical (unpaired) electrons. The number of fused-ring (bicyclic) bond motifs is 2. The molecule has 2 amide bonds. The van der Waals surface area contributed by atoms with Gasteiger partial charge in [-0.1, -0.05) is 53.7 Å². The Labute approximate surface area is 395 Å². The molecule has 17 heteroatoms. The Morgan fingerprint density at radius 2 is 1.06 bits per heavy atom. The third-order valence-electron chi connectivity index (χ3n) is 11.1. The largest absolute Gasteiger partial charge is 0.507 e. The van der Waals surface area contributed by atoms with Crippen LogP contribution in [-0.4, -0.2) is 93.8 Å². The Morgan fingerprint density at radius 1 is 0.672 bits per heavy atom. The van der Waals surface area contributed by atoms with Crippen molar-refractivity contribution in [1.82, 2.24) is 30.6 Å². The van der Waals surface area contributed by atoms with E-state index in [1.54, 1.807) is 12.4 Å². The lowest BCUT2D eigenvalue weighted by molar-refractivity contribution is 0.103. The first-order valence-electron chi connectivity index (χ1n) is 22.1. The fourth-order valence-corrected chi connectivity index (χ4v) is 7.91. The number of hydrogen-bond acceptors (Lipinski definition) is 12. The highest BCUT2D eigenvalue weighted by atomic mass is 35.5. The molecule has 14 nitrogen and oxygen atoms in total. The van der Waals surface area contributed by atoms with Crippen molar-refractivity contribution in [2.24, 2.45) is 10.8 Å². The fourth-order valence-electron chi connectivity index (χ4n) is 7.91. The number of anilines is 2. The first-order chi connectivity index (χ1) is 31.2. The van der Waals surface area contributed by atoms with Crippen LogP contribution in [0.1, 0.15) is 65.5 Å². The van der Waals surface area contributed by atoms with Crippen LogP contribution in [-0.2, 0) is 9.47 Å². The second-order valence-corrected chi connectivity index (χ2v) is 19.5. The number of nitrogens with one attached hydrogen (secondary N) is 2. The summed E-state index contributed by atoms with van der Waals surface area (Å²) in [5.41, 5.74) is 5.06. The molecule has 2 atom stereocenters. The van der Waals surface area contributed by atoms with Gasteiger partial charge in [0.05, 0.1) is 47.5 Å². The maximum absolute atomic E-state index is 14.3. The maximum atomic E-state index is 14.3. The van der Waals surface area contributed by atoms with Crippen molar-refractivity contribution in [1.29, 1.82) is 0 Å². The number of carbonyl (C=O) groups is 2. The Kier molecular flexibility index (Phi) is 15.3. The van der Waals surface area contributed by atoms with Gasteiger partial charge in [0.15, 0.2) is 11.6 Å². The van der Waals surface area contributed by atoms with Crippen LogP contribution in [0.25, 0.3) is 44.6 Å². The van der Waals surface area contributed by atoms with Gasteiger partial charge < -0.3 is 40.1 Å². The summed E-state index contributed by atoms with van der Waals surface area (Å²) < 4.78 is 39.3. The fraction of sp³-hybridized carbons (Fsp3) is 0.400. The summed E-state index contributed by atoms with van der Waals surface area (Å²) in [7, 11) is 0. The molecule has 2 fully saturated rings. The molecule has 8 rings (SSSR count). The molecule has 4 N–H and O–H groups in total. The minimum atomic E-state index is -0.575. The van der Waals surface area contributed by atoms with Gasteiger partial charge in [0.25, 0.3) is 0 Å². The second-order valence-electron chi connectivity index (χ2n) is 19.5. The van der Waals surface area contributed by atoms with Crippen molar-refractivity contribution in [3.63, 3.8) is 0 Å². The molecule has 2 saturated heterocycles. The molecule has 0 spiro atoms. The predicted molar refractivity (Wildman–Crippen MR) is 259 cm³/mol. The van der Waals surface area contributed by atoms with E-state index in [-0.39, 0.29) is 69.6 Å². The molecule has 0 saturated carbocycles. The van der Waals surface area contributed by atoms with Gasteiger partial charge in [-0.15, -0.1) is 12.4 Å². The van der Waals surface area contributed by atoms with Crippen LogP contribution in [0.3, 0.4) is 0 Å². The van der Waals surface area contributed by atoms with Crippen LogP contribution >= 0.6 is 12.4 Å². The lowest BCUT2D eigenvalue weighted by Crippen LogP contribution is -2.38. The number of phenolic OH excluding ortho intramolecular Hbond substituents is 2. The van der Waals surface area contributed by atoms with E-state index in [1.165, 1.54) is 36.4 Å². The minimum absolute atomic E-state index is 0. The van der Waals surface area contributed by atoms with Crippen LogP contribution in [0.5, 0.6) is 11.5 Å². The zero-order valence-electron chi connectivity index (χ0n) is 39.1. The summed E-state index contributed by atoms with van der Waals surface area (Å²) in [5, 5.41) is 27.8. The number of phenols is 2. The molecule has 2 aromatic heterocycles. The van der Waals surface area contributed by atoms with E-state index in [0.717, 1.165) is 59.2 Å². The quantitative estimate of drug-likeness (QED) is 0.114. The van der Waals surface area contributed by atoms with E-state index < -0.39 is 23.8 Å². The van der Waals surface area contributed by atoms with Crippen molar-refractivity contribution >= 4 is 57.8 Å². The molecule has 6 aromatic rings. The number of benzene rings is 4. The van der Waals surface area contributed by atoms with Gasteiger partial charge in [-0.05, 0) is 97.2 Å². The van der Waals surface area contributed by atoms with Gasteiger partial charge >= 0.3 is 12.2 Å². The molecular weight excluding hydrogens is 882 g/mol. The number of aryl methyl sites for hydroxylation is 2. The van der Waals surface area contributed by atoms with E-state index in [2.05, 4.69) is 52.5 Å². The number of ether oxygens (including phenoxy) is 2. The van der Waals surface area contributed by atoms with Gasteiger partial charge in [0.1, 0.15) is 23.1 Å².